The third-order valence-corrected chi connectivity index (χ3v) is 5.12. The number of piperidine rings is 1. The van der Waals surface area contributed by atoms with Crippen molar-refractivity contribution in [1.82, 2.24) is 15.4 Å². The summed E-state index contributed by atoms with van der Waals surface area (Å²) in [6, 6.07) is 7.35. The lowest BCUT2D eigenvalue weighted by atomic mass is 10.0. The van der Waals surface area contributed by atoms with Crippen LogP contribution < -0.4 is 14.8 Å². The average molecular weight is 401 g/mol. The molecule has 2 amide bonds. The van der Waals surface area contributed by atoms with Crippen LogP contribution in [0.3, 0.4) is 0 Å². The van der Waals surface area contributed by atoms with Gasteiger partial charge in [0.25, 0.3) is 5.91 Å². The number of nitrogens with one attached hydrogen (secondary N) is 1. The normalized spacial score (nSPS) is 14.5. The topological polar surface area (TPSA) is 93.9 Å². The van der Waals surface area contributed by atoms with E-state index in [2.05, 4.69) is 10.5 Å². The average Bonchev–Trinajstić information content (AvgIpc) is 3.18. The van der Waals surface area contributed by atoms with Gasteiger partial charge >= 0.3 is 0 Å². The number of rotatable bonds is 7. The number of carbonyl (C=O) groups excluding carboxylic acids is 2. The van der Waals surface area contributed by atoms with E-state index >= 15 is 0 Å². The zero-order valence-corrected chi connectivity index (χ0v) is 17.1. The van der Waals surface area contributed by atoms with Crippen molar-refractivity contribution in [3.05, 3.63) is 41.3 Å². The first-order valence-electron chi connectivity index (χ1n) is 9.73. The zero-order valence-electron chi connectivity index (χ0n) is 17.1. The van der Waals surface area contributed by atoms with E-state index in [9.17, 15) is 9.59 Å². The van der Waals surface area contributed by atoms with Gasteiger partial charge < -0.3 is 24.2 Å². The Morgan fingerprint density at radius 3 is 2.52 bits per heavy atom. The highest BCUT2D eigenvalue weighted by atomic mass is 16.5. The van der Waals surface area contributed by atoms with Gasteiger partial charge in [-0.3, -0.25) is 9.59 Å². The fourth-order valence-electron chi connectivity index (χ4n) is 3.45. The summed E-state index contributed by atoms with van der Waals surface area (Å²) >= 11 is 0. The molecule has 1 aromatic heterocycles. The molecule has 0 unspecified atom stereocenters. The molecule has 0 radical (unpaired) electrons. The molecule has 29 heavy (non-hydrogen) atoms. The van der Waals surface area contributed by atoms with Crippen molar-refractivity contribution in [3.8, 4) is 11.5 Å². The molecule has 2 aromatic rings. The van der Waals surface area contributed by atoms with Crippen molar-refractivity contribution in [1.29, 1.82) is 0 Å². The number of likely N-dealkylation sites (tertiary alicyclic amines) is 1. The Hall–Kier alpha value is -3.03. The van der Waals surface area contributed by atoms with E-state index in [-0.39, 0.29) is 23.6 Å². The Morgan fingerprint density at radius 2 is 1.90 bits per heavy atom. The van der Waals surface area contributed by atoms with Crippen molar-refractivity contribution in [2.75, 3.05) is 27.3 Å². The third-order valence-electron chi connectivity index (χ3n) is 5.12. The number of benzene rings is 1. The summed E-state index contributed by atoms with van der Waals surface area (Å²) in [6.07, 6.45) is 2.53. The van der Waals surface area contributed by atoms with E-state index < -0.39 is 0 Å². The highest BCUT2D eigenvalue weighted by Gasteiger charge is 2.24. The largest absolute Gasteiger partial charge is 0.493 e. The predicted octanol–water partition coefficient (Wildman–Crippen LogP) is 2.35. The molecule has 0 aliphatic carbocycles. The van der Waals surface area contributed by atoms with Crippen LogP contribution in [-0.2, 0) is 11.2 Å². The van der Waals surface area contributed by atoms with Gasteiger partial charge in [-0.1, -0.05) is 11.2 Å². The summed E-state index contributed by atoms with van der Waals surface area (Å²) in [7, 11) is 3.19. The molecule has 0 saturated carbocycles. The van der Waals surface area contributed by atoms with Gasteiger partial charge in [-0.2, -0.15) is 0 Å². The van der Waals surface area contributed by atoms with Gasteiger partial charge in [0.1, 0.15) is 5.76 Å². The molecule has 156 valence electrons. The molecule has 8 heteroatoms. The number of hydrogen-bond donors (Lipinski definition) is 1. The van der Waals surface area contributed by atoms with Gasteiger partial charge in [0.15, 0.2) is 17.2 Å². The molecule has 2 heterocycles. The second-order valence-corrected chi connectivity index (χ2v) is 7.14. The summed E-state index contributed by atoms with van der Waals surface area (Å²) in [5.74, 6) is 1.82. The monoisotopic (exact) mass is 401 g/mol. The summed E-state index contributed by atoms with van der Waals surface area (Å²) in [4.78, 5) is 26.6. The molecular weight excluding hydrogens is 374 g/mol. The van der Waals surface area contributed by atoms with Gasteiger partial charge in [0, 0.05) is 31.6 Å². The van der Waals surface area contributed by atoms with Crippen LogP contribution in [-0.4, -0.2) is 55.2 Å². The summed E-state index contributed by atoms with van der Waals surface area (Å²) in [5, 5.41) is 6.70. The minimum Gasteiger partial charge on any atom is -0.493 e. The number of nitrogens with zero attached hydrogens (tertiary/aromatic N) is 2. The maximum Gasteiger partial charge on any atom is 0.273 e. The van der Waals surface area contributed by atoms with E-state index in [1.165, 1.54) is 0 Å². The Bertz CT molecular complexity index is 856. The first-order valence-corrected chi connectivity index (χ1v) is 9.73. The number of ether oxygens (including phenoxy) is 2. The molecule has 0 atom stereocenters. The molecule has 1 saturated heterocycles. The summed E-state index contributed by atoms with van der Waals surface area (Å²) in [6.45, 7) is 3.01. The molecule has 0 bridgehead atoms. The number of aromatic nitrogens is 1. The summed E-state index contributed by atoms with van der Waals surface area (Å²) < 4.78 is 15.5. The van der Waals surface area contributed by atoms with Gasteiger partial charge in [-0.25, -0.2) is 0 Å². The molecule has 1 N–H and O–H groups in total. The Labute approximate surface area is 170 Å². The fourth-order valence-corrected chi connectivity index (χ4v) is 3.45. The number of carbonyl (C=O) groups is 2. The zero-order chi connectivity index (χ0) is 20.8. The lowest BCUT2D eigenvalue weighted by Crippen LogP contribution is -2.46. The Morgan fingerprint density at radius 1 is 1.17 bits per heavy atom. The lowest BCUT2D eigenvalue weighted by Gasteiger charge is -2.32. The standard InChI is InChI=1S/C21H27N3O5/c1-14-12-17(23-29-14)21(26)22-16-8-10-24(11-9-16)20(25)7-5-15-4-6-18(27-2)19(13-15)28-3/h4,6,12-13,16H,5,7-11H2,1-3H3,(H,22,26). The smallest absolute Gasteiger partial charge is 0.273 e. The highest BCUT2D eigenvalue weighted by Crippen LogP contribution is 2.28. The number of methoxy groups -OCH3 is 2. The molecule has 3 rings (SSSR count). The number of aryl methyl sites for hydroxylation is 2. The van der Waals surface area contributed by atoms with Crippen LogP contribution in [0.1, 0.15) is 41.1 Å². The van der Waals surface area contributed by atoms with Crippen LogP contribution in [0.2, 0.25) is 0 Å². The first-order chi connectivity index (χ1) is 14.0. The second-order valence-electron chi connectivity index (χ2n) is 7.14. The minimum atomic E-state index is -0.236. The van der Waals surface area contributed by atoms with Crippen LogP contribution in [0.15, 0.2) is 28.8 Å². The van der Waals surface area contributed by atoms with Crippen LogP contribution in [0.4, 0.5) is 0 Å². The maximum atomic E-state index is 12.6. The quantitative estimate of drug-likeness (QED) is 0.765. The van der Waals surface area contributed by atoms with E-state index in [0.717, 1.165) is 18.4 Å². The number of hydrogen-bond acceptors (Lipinski definition) is 6. The van der Waals surface area contributed by atoms with E-state index in [1.807, 2.05) is 23.1 Å². The lowest BCUT2D eigenvalue weighted by molar-refractivity contribution is -0.132. The van der Waals surface area contributed by atoms with Crippen molar-refractivity contribution in [3.63, 3.8) is 0 Å². The molecule has 1 aliphatic heterocycles. The fraction of sp³-hybridized carbons (Fsp3) is 0.476. The van der Waals surface area contributed by atoms with Crippen molar-refractivity contribution < 1.29 is 23.6 Å². The van der Waals surface area contributed by atoms with Gasteiger partial charge in [-0.15, -0.1) is 0 Å². The van der Waals surface area contributed by atoms with E-state index in [4.69, 9.17) is 14.0 Å². The Kier molecular flexibility index (Phi) is 6.74. The van der Waals surface area contributed by atoms with Crippen LogP contribution in [0.25, 0.3) is 0 Å². The van der Waals surface area contributed by atoms with Crippen LogP contribution in [0.5, 0.6) is 11.5 Å². The maximum absolute atomic E-state index is 12.6. The van der Waals surface area contributed by atoms with Crippen molar-refractivity contribution >= 4 is 11.8 Å². The van der Waals surface area contributed by atoms with Crippen molar-refractivity contribution in [2.45, 2.75) is 38.6 Å². The SMILES string of the molecule is COc1ccc(CCC(=O)N2CCC(NC(=O)c3cc(C)on3)CC2)cc1OC. The first kappa shape index (κ1) is 20.7. The molecule has 1 fully saturated rings. The number of amides is 2. The van der Waals surface area contributed by atoms with Crippen molar-refractivity contribution in [2.24, 2.45) is 0 Å². The van der Waals surface area contributed by atoms with Crippen LogP contribution >= 0.6 is 0 Å². The van der Waals surface area contributed by atoms with Gasteiger partial charge in [0.05, 0.1) is 14.2 Å². The highest BCUT2D eigenvalue weighted by molar-refractivity contribution is 5.92. The molecule has 1 aromatic carbocycles. The molecular formula is C21H27N3O5. The molecule has 0 spiro atoms. The second kappa shape index (κ2) is 9.45. The molecule has 1 aliphatic rings. The van der Waals surface area contributed by atoms with E-state index in [0.29, 0.717) is 43.2 Å². The molecule has 8 nitrogen and oxygen atoms in total. The Balaban J connectivity index is 1.44. The van der Waals surface area contributed by atoms with Gasteiger partial charge in [0.2, 0.25) is 5.91 Å². The summed E-state index contributed by atoms with van der Waals surface area (Å²) in [5.41, 5.74) is 1.32. The van der Waals surface area contributed by atoms with E-state index in [1.54, 1.807) is 27.2 Å². The van der Waals surface area contributed by atoms with Crippen LogP contribution in [0, 0.1) is 6.92 Å². The third kappa shape index (κ3) is 5.28. The predicted molar refractivity (Wildman–Crippen MR) is 106 cm³/mol. The minimum absolute atomic E-state index is 0.0365. The van der Waals surface area contributed by atoms with Gasteiger partial charge in [-0.05, 0) is 43.9 Å².